The summed E-state index contributed by atoms with van der Waals surface area (Å²) in [6.07, 6.45) is 1.23. The van der Waals surface area contributed by atoms with Crippen LogP contribution in [0.1, 0.15) is 0 Å². The summed E-state index contributed by atoms with van der Waals surface area (Å²) in [5.74, 6) is 0.356. The molecule has 0 amide bonds. The fourth-order valence-electron chi connectivity index (χ4n) is 2.77. The molecule has 4 aromatic rings. The van der Waals surface area contributed by atoms with Gasteiger partial charge in [-0.2, -0.15) is 4.98 Å². The van der Waals surface area contributed by atoms with Crippen molar-refractivity contribution in [3.63, 3.8) is 0 Å². The Morgan fingerprint density at radius 2 is 1.71 bits per heavy atom. The lowest BCUT2D eigenvalue weighted by atomic mass is 10.1. The molecule has 0 radical (unpaired) electrons. The van der Waals surface area contributed by atoms with Crippen molar-refractivity contribution in [2.24, 2.45) is 0 Å². The van der Waals surface area contributed by atoms with Gasteiger partial charge in [-0.05, 0) is 35.7 Å². The highest BCUT2D eigenvalue weighted by Gasteiger charge is 2.25. The number of nitro groups is 1. The average molecular weight is 437 g/mol. The molecule has 7 nitrogen and oxygen atoms in total. The van der Waals surface area contributed by atoms with Gasteiger partial charge in [0.25, 0.3) is 0 Å². The molecule has 0 aliphatic carbocycles. The van der Waals surface area contributed by atoms with Gasteiger partial charge >= 0.3 is 11.6 Å². The monoisotopic (exact) mass is 436 g/mol. The van der Waals surface area contributed by atoms with E-state index < -0.39 is 4.92 Å². The third kappa shape index (κ3) is 3.63. The summed E-state index contributed by atoms with van der Waals surface area (Å²) in [6, 6.07) is 20.3. The van der Waals surface area contributed by atoms with E-state index in [0.29, 0.717) is 11.4 Å². The molecule has 138 valence electrons. The third-order valence-electron chi connectivity index (χ3n) is 4.04. The van der Waals surface area contributed by atoms with Crippen LogP contribution in [0.5, 0.6) is 11.6 Å². The Bertz CT molecular complexity index is 1160. The molecule has 0 spiro atoms. The van der Waals surface area contributed by atoms with E-state index in [4.69, 9.17) is 4.74 Å². The zero-order valence-corrected chi connectivity index (χ0v) is 16.0. The van der Waals surface area contributed by atoms with Gasteiger partial charge in [-0.3, -0.25) is 10.1 Å². The van der Waals surface area contributed by atoms with E-state index in [1.165, 1.54) is 6.33 Å². The summed E-state index contributed by atoms with van der Waals surface area (Å²) in [5, 5.41) is 16.7. The Balaban J connectivity index is 1.74. The highest BCUT2D eigenvalue weighted by atomic mass is 79.9. The number of rotatable bonds is 5. The first-order valence-electron chi connectivity index (χ1n) is 8.29. The summed E-state index contributed by atoms with van der Waals surface area (Å²) in [5.41, 5.74) is 0.368. The van der Waals surface area contributed by atoms with Crippen LogP contribution in [0.4, 0.5) is 17.2 Å². The molecule has 0 saturated heterocycles. The van der Waals surface area contributed by atoms with Gasteiger partial charge in [0, 0.05) is 15.5 Å². The molecular weight excluding hydrogens is 424 g/mol. The Labute approximate surface area is 168 Å². The van der Waals surface area contributed by atoms with E-state index in [-0.39, 0.29) is 17.4 Å². The van der Waals surface area contributed by atoms with Crippen LogP contribution in [0.3, 0.4) is 0 Å². The van der Waals surface area contributed by atoms with Gasteiger partial charge in [-0.1, -0.05) is 52.3 Å². The first kappa shape index (κ1) is 17.9. The zero-order chi connectivity index (χ0) is 19.5. The smallest absolute Gasteiger partial charge is 0.373 e. The normalized spacial score (nSPS) is 10.6. The maximum atomic E-state index is 11.7. The molecule has 0 bridgehead atoms. The maximum Gasteiger partial charge on any atom is 0.373 e. The molecule has 0 atom stereocenters. The van der Waals surface area contributed by atoms with Crippen molar-refractivity contribution in [3.8, 4) is 11.6 Å². The van der Waals surface area contributed by atoms with Crippen LogP contribution in [0.2, 0.25) is 0 Å². The molecule has 3 aromatic carbocycles. The standard InChI is InChI=1S/C20H13BrN4O3/c21-14-8-10-15(11-9-14)28-20-18(25(26)27)19(22-12-23-20)24-17-7-3-5-13-4-1-2-6-16(13)17/h1-12H,(H,22,23,24). The molecule has 0 fully saturated rings. The molecule has 0 unspecified atom stereocenters. The predicted octanol–water partition coefficient (Wildman–Crippen LogP) is 5.84. The number of benzene rings is 3. The van der Waals surface area contributed by atoms with E-state index in [2.05, 4.69) is 31.2 Å². The summed E-state index contributed by atoms with van der Waals surface area (Å²) in [6.45, 7) is 0. The average Bonchev–Trinajstić information content (AvgIpc) is 2.70. The van der Waals surface area contributed by atoms with Crippen LogP contribution in [0.25, 0.3) is 10.8 Å². The lowest BCUT2D eigenvalue weighted by Crippen LogP contribution is -2.03. The Hall–Kier alpha value is -3.52. The van der Waals surface area contributed by atoms with Crippen molar-refractivity contribution in [1.29, 1.82) is 0 Å². The van der Waals surface area contributed by atoms with E-state index in [1.807, 2.05) is 42.5 Å². The summed E-state index contributed by atoms with van der Waals surface area (Å²) >= 11 is 3.34. The van der Waals surface area contributed by atoms with Crippen LogP contribution in [-0.2, 0) is 0 Å². The lowest BCUT2D eigenvalue weighted by Gasteiger charge is -2.11. The molecule has 1 heterocycles. The molecule has 28 heavy (non-hydrogen) atoms. The molecule has 8 heteroatoms. The molecule has 0 saturated carbocycles. The number of ether oxygens (including phenoxy) is 1. The van der Waals surface area contributed by atoms with Gasteiger partial charge < -0.3 is 10.1 Å². The summed E-state index contributed by atoms with van der Waals surface area (Å²) < 4.78 is 6.51. The minimum atomic E-state index is -0.554. The molecule has 1 N–H and O–H groups in total. The Kier molecular flexibility index (Phi) is 4.86. The van der Waals surface area contributed by atoms with Gasteiger partial charge in [0.05, 0.1) is 4.92 Å². The number of nitrogens with one attached hydrogen (secondary N) is 1. The number of hydrogen-bond acceptors (Lipinski definition) is 6. The fourth-order valence-corrected chi connectivity index (χ4v) is 3.03. The highest BCUT2D eigenvalue weighted by Crippen LogP contribution is 2.36. The molecule has 0 aliphatic rings. The molecule has 0 aliphatic heterocycles. The van der Waals surface area contributed by atoms with E-state index in [1.54, 1.807) is 24.3 Å². The second-order valence-corrected chi connectivity index (χ2v) is 6.76. The van der Waals surface area contributed by atoms with E-state index in [9.17, 15) is 10.1 Å². The number of nitrogens with zero attached hydrogens (tertiary/aromatic N) is 3. The van der Waals surface area contributed by atoms with E-state index in [0.717, 1.165) is 15.2 Å². The van der Waals surface area contributed by atoms with Crippen molar-refractivity contribution in [2.75, 3.05) is 5.32 Å². The number of fused-ring (bicyclic) bond motifs is 1. The van der Waals surface area contributed by atoms with Gasteiger partial charge in [-0.25, -0.2) is 4.98 Å². The Morgan fingerprint density at radius 3 is 2.50 bits per heavy atom. The first-order chi connectivity index (χ1) is 13.6. The van der Waals surface area contributed by atoms with Gasteiger partial charge in [0.15, 0.2) is 0 Å². The minimum Gasteiger partial charge on any atom is -0.434 e. The lowest BCUT2D eigenvalue weighted by molar-refractivity contribution is -0.385. The van der Waals surface area contributed by atoms with Crippen LogP contribution in [0.15, 0.2) is 77.5 Å². The SMILES string of the molecule is O=[N+]([O-])c1c(Nc2cccc3ccccc23)ncnc1Oc1ccc(Br)cc1. The van der Waals surface area contributed by atoms with Crippen LogP contribution < -0.4 is 10.1 Å². The van der Waals surface area contributed by atoms with E-state index >= 15 is 0 Å². The highest BCUT2D eigenvalue weighted by molar-refractivity contribution is 9.10. The quantitative estimate of drug-likeness (QED) is 0.312. The number of hydrogen-bond donors (Lipinski definition) is 1. The summed E-state index contributed by atoms with van der Waals surface area (Å²) in [7, 11) is 0. The number of halogens is 1. The third-order valence-corrected chi connectivity index (χ3v) is 4.57. The molecular formula is C20H13BrN4O3. The number of anilines is 2. The zero-order valence-electron chi connectivity index (χ0n) is 14.4. The topological polar surface area (TPSA) is 90.2 Å². The molecule has 4 rings (SSSR count). The largest absolute Gasteiger partial charge is 0.434 e. The Morgan fingerprint density at radius 1 is 0.964 bits per heavy atom. The van der Waals surface area contributed by atoms with Gasteiger partial charge in [-0.15, -0.1) is 0 Å². The second kappa shape index (κ2) is 7.61. The van der Waals surface area contributed by atoms with Crippen molar-refractivity contribution in [1.82, 2.24) is 9.97 Å². The predicted molar refractivity (Wildman–Crippen MR) is 110 cm³/mol. The van der Waals surface area contributed by atoms with Crippen molar-refractivity contribution >= 4 is 43.9 Å². The number of aromatic nitrogens is 2. The second-order valence-electron chi connectivity index (χ2n) is 5.84. The van der Waals surface area contributed by atoms with Crippen molar-refractivity contribution < 1.29 is 9.66 Å². The van der Waals surface area contributed by atoms with Crippen LogP contribution >= 0.6 is 15.9 Å². The molecule has 1 aromatic heterocycles. The van der Waals surface area contributed by atoms with Crippen LogP contribution in [0, 0.1) is 10.1 Å². The van der Waals surface area contributed by atoms with Crippen molar-refractivity contribution in [2.45, 2.75) is 0 Å². The first-order valence-corrected chi connectivity index (χ1v) is 9.09. The minimum absolute atomic E-state index is 0.0588. The van der Waals surface area contributed by atoms with Gasteiger partial charge in [0.1, 0.15) is 12.1 Å². The van der Waals surface area contributed by atoms with Crippen LogP contribution in [-0.4, -0.2) is 14.9 Å². The van der Waals surface area contributed by atoms with Crippen molar-refractivity contribution in [3.05, 3.63) is 87.6 Å². The van der Waals surface area contributed by atoms with Gasteiger partial charge in [0.2, 0.25) is 5.82 Å². The maximum absolute atomic E-state index is 11.7. The fraction of sp³-hybridized carbons (Fsp3) is 0. The summed E-state index contributed by atoms with van der Waals surface area (Å²) in [4.78, 5) is 19.2.